The molecule has 96 valence electrons. The van der Waals surface area contributed by atoms with Crippen molar-refractivity contribution >= 4 is 24.0 Å². The number of Topliss-reactive ketones (excluding diaryl/α,β-unsaturated/α-hetero) is 1. The Morgan fingerprint density at radius 2 is 2.33 bits per heavy atom. The predicted octanol–water partition coefficient (Wildman–Crippen LogP) is 1.62. The van der Waals surface area contributed by atoms with Crippen molar-refractivity contribution in [2.75, 3.05) is 13.1 Å². The van der Waals surface area contributed by atoms with Gasteiger partial charge in [0.25, 0.3) is 0 Å². The number of ether oxygens (including phenoxy) is 1. The second-order valence-electron chi connectivity index (χ2n) is 4.38. The van der Waals surface area contributed by atoms with Gasteiger partial charge in [0.05, 0.1) is 6.54 Å². The Morgan fingerprint density at radius 3 is 3.00 bits per heavy atom. The molecule has 2 heterocycles. The molecule has 1 aromatic rings. The minimum atomic E-state index is -0.00490. The third kappa shape index (κ3) is 2.20. The van der Waals surface area contributed by atoms with Crippen molar-refractivity contribution in [1.82, 2.24) is 5.32 Å². The summed E-state index contributed by atoms with van der Waals surface area (Å²) in [5.41, 5.74) is 1.84. The van der Waals surface area contributed by atoms with Crippen molar-refractivity contribution in [3.8, 4) is 5.75 Å². The number of rotatable bonds is 2. The number of nitrogens with zero attached hydrogens (tertiary/aromatic N) is 1. The molecule has 0 aromatic heterocycles. The summed E-state index contributed by atoms with van der Waals surface area (Å²) in [7, 11) is 0. The molecule has 0 bridgehead atoms. The fourth-order valence-electron chi connectivity index (χ4n) is 2.25. The number of amidine groups is 1. The molecule has 0 saturated heterocycles. The Kier molecular flexibility index (Phi) is 3.57. The Bertz CT molecular complexity index is 514. The molecule has 1 unspecified atom stereocenters. The molecule has 5 heteroatoms. The molecule has 2 aliphatic heterocycles. The van der Waals surface area contributed by atoms with Crippen molar-refractivity contribution in [2.24, 2.45) is 4.99 Å². The highest BCUT2D eigenvalue weighted by Crippen LogP contribution is 2.30. The van der Waals surface area contributed by atoms with Crippen LogP contribution in [0.2, 0.25) is 0 Å². The number of fused-ring (bicyclic) bond motifs is 1. The Labute approximate surface area is 112 Å². The van der Waals surface area contributed by atoms with E-state index in [1.807, 2.05) is 18.2 Å². The number of hydrogen-bond donors (Lipinski definition) is 1. The summed E-state index contributed by atoms with van der Waals surface area (Å²) >= 11 is 0. The van der Waals surface area contributed by atoms with Crippen LogP contribution in [0.1, 0.15) is 22.8 Å². The van der Waals surface area contributed by atoms with E-state index in [1.54, 1.807) is 6.92 Å². The van der Waals surface area contributed by atoms with Gasteiger partial charge in [0.15, 0.2) is 11.9 Å². The molecule has 2 aliphatic rings. The first kappa shape index (κ1) is 12.9. The number of halogens is 1. The molecular formula is C13H15ClN2O2. The number of carbonyl (C=O) groups excluding carboxylic acids is 1. The van der Waals surface area contributed by atoms with Gasteiger partial charge in [-0.15, -0.1) is 12.4 Å². The lowest BCUT2D eigenvalue weighted by Gasteiger charge is -2.10. The number of ketones is 1. The molecule has 0 spiro atoms. The van der Waals surface area contributed by atoms with Crippen molar-refractivity contribution < 1.29 is 9.53 Å². The summed E-state index contributed by atoms with van der Waals surface area (Å²) in [4.78, 5) is 15.7. The smallest absolute Gasteiger partial charge is 0.159 e. The fraction of sp³-hybridized carbons (Fsp3) is 0.385. The van der Waals surface area contributed by atoms with Crippen LogP contribution in [0.3, 0.4) is 0 Å². The molecule has 0 amide bonds. The van der Waals surface area contributed by atoms with Gasteiger partial charge in [-0.3, -0.25) is 9.79 Å². The normalized spacial score (nSPS) is 20.3. The summed E-state index contributed by atoms with van der Waals surface area (Å²) in [6.45, 7) is 3.30. The Hall–Kier alpha value is -1.55. The van der Waals surface area contributed by atoms with E-state index >= 15 is 0 Å². The van der Waals surface area contributed by atoms with Gasteiger partial charge < -0.3 is 10.1 Å². The number of aliphatic imine (C=N–C) groups is 1. The molecule has 4 nitrogen and oxygen atoms in total. The number of nitrogens with one attached hydrogen (secondary N) is 1. The van der Waals surface area contributed by atoms with Crippen LogP contribution in [0.15, 0.2) is 23.2 Å². The molecule has 1 N–H and O–H groups in total. The summed E-state index contributed by atoms with van der Waals surface area (Å²) in [5, 5.41) is 3.23. The van der Waals surface area contributed by atoms with Gasteiger partial charge in [0.1, 0.15) is 11.6 Å². The second-order valence-corrected chi connectivity index (χ2v) is 4.38. The molecule has 0 fully saturated rings. The molecule has 0 radical (unpaired) electrons. The van der Waals surface area contributed by atoms with Crippen LogP contribution in [-0.4, -0.2) is 30.8 Å². The first-order chi connectivity index (χ1) is 8.24. The van der Waals surface area contributed by atoms with Crippen LogP contribution in [0.25, 0.3) is 0 Å². The van der Waals surface area contributed by atoms with E-state index in [4.69, 9.17) is 4.74 Å². The zero-order valence-electron chi connectivity index (χ0n) is 10.1. The third-order valence-electron chi connectivity index (χ3n) is 3.15. The molecule has 1 aromatic carbocycles. The van der Waals surface area contributed by atoms with Crippen molar-refractivity contribution in [3.63, 3.8) is 0 Å². The van der Waals surface area contributed by atoms with Crippen LogP contribution in [0.5, 0.6) is 5.75 Å². The molecule has 0 aliphatic carbocycles. The van der Waals surface area contributed by atoms with Crippen LogP contribution in [0.4, 0.5) is 0 Å². The lowest BCUT2D eigenvalue weighted by atomic mass is 10.0. The van der Waals surface area contributed by atoms with E-state index in [9.17, 15) is 4.79 Å². The largest absolute Gasteiger partial charge is 0.482 e. The maximum absolute atomic E-state index is 11.3. The van der Waals surface area contributed by atoms with Gasteiger partial charge >= 0.3 is 0 Å². The monoisotopic (exact) mass is 266 g/mol. The van der Waals surface area contributed by atoms with Crippen molar-refractivity contribution in [2.45, 2.75) is 19.4 Å². The van der Waals surface area contributed by atoms with Crippen LogP contribution in [-0.2, 0) is 6.42 Å². The standard InChI is InChI=1S/C13H14N2O2.ClH/c1-8(16)9-2-3-11-10(6-9)7-12(17-11)13-14-4-5-15-13;/h2-3,6,12H,4-5,7H2,1H3,(H,14,15);1H. The van der Waals surface area contributed by atoms with E-state index < -0.39 is 0 Å². The fourth-order valence-corrected chi connectivity index (χ4v) is 2.25. The summed E-state index contributed by atoms with van der Waals surface area (Å²) in [6, 6.07) is 5.61. The lowest BCUT2D eigenvalue weighted by Crippen LogP contribution is -2.34. The van der Waals surface area contributed by atoms with E-state index in [-0.39, 0.29) is 24.3 Å². The zero-order valence-corrected chi connectivity index (χ0v) is 10.9. The molecular weight excluding hydrogens is 252 g/mol. The zero-order chi connectivity index (χ0) is 11.8. The van der Waals surface area contributed by atoms with Gasteiger partial charge in [-0.2, -0.15) is 0 Å². The lowest BCUT2D eigenvalue weighted by molar-refractivity contribution is 0.101. The number of benzene rings is 1. The minimum Gasteiger partial charge on any atom is -0.482 e. The van der Waals surface area contributed by atoms with Gasteiger partial charge in [-0.1, -0.05) is 0 Å². The maximum atomic E-state index is 11.3. The van der Waals surface area contributed by atoms with Gasteiger partial charge in [-0.25, -0.2) is 0 Å². The summed E-state index contributed by atoms with van der Waals surface area (Å²) in [6.07, 6.45) is 0.789. The van der Waals surface area contributed by atoms with E-state index in [0.717, 1.165) is 42.2 Å². The van der Waals surface area contributed by atoms with Crippen LogP contribution < -0.4 is 10.1 Å². The highest BCUT2D eigenvalue weighted by molar-refractivity contribution is 5.95. The van der Waals surface area contributed by atoms with E-state index in [2.05, 4.69) is 10.3 Å². The van der Waals surface area contributed by atoms with E-state index in [0.29, 0.717) is 0 Å². The van der Waals surface area contributed by atoms with Crippen molar-refractivity contribution in [1.29, 1.82) is 0 Å². The van der Waals surface area contributed by atoms with Gasteiger partial charge in [0, 0.05) is 18.5 Å². The summed E-state index contributed by atoms with van der Waals surface area (Å²) < 4.78 is 5.82. The second kappa shape index (κ2) is 4.98. The first-order valence-corrected chi connectivity index (χ1v) is 5.83. The third-order valence-corrected chi connectivity index (χ3v) is 3.15. The topological polar surface area (TPSA) is 50.7 Å². The number of carbonyl (C=O) groups is 1. The number of hydrogen-bond acceptors (Lipinski definition) is 4. The Morgan fingerprint density at radius 1 is 1.50 bits per heavy atom. The Balaban J connectivity index is 0.00000120. The average Bonchev–Trinajstić information content (AvgIpc) is 2.96. The average molecular weight is 267 g/mol. The first-order valence-electron chi connectivity index (χ1n) is 5.83. The predicted molar refractivity (Wildman–Crippen MR) is 72.1 cm³/mol. The van der Waals surface area contributed by atoms with Crippen molar-refractivity contribution in [3.05, 3.63) is 29.3 Å². The SMILES string of the molecule is CC(=O)c1ccc2c(c1)CC(C1=NCCN1)O2.Cl. The quantitative estimate of drug-likeness (QED) is 0.828. The molecule has 1 atom stereocenters. The van der Waals surface area contributed by atoms with E-state index in [1.165, 1.54) is 0 Å². The van der Waals surface area contributed by atoms with Crippen LogP contribution >= 0.6 is 12.4 Å². The molecule has 0 saturated carbocycles. The molecule has 18 heavy (non-hydrogen) atoms. The van der Waals surface area contributed by atoms with Gasteiger partial charge in [-0.05, 0) is 30.7 Å². The summed E-state index contributed by atoms with van der Waals surface area (Å²) in [5.74, 6) is 1.90. The molecule has 3 rings (SSSR count). The maximum Gasteiger partial charge on any atom is 0.159 e. The highest BCUT2D eigenvalue weighted by Gasteiger charge is 2.28. The van der Waals surface area contributed by atoms with Gasteiger partial charge in [0.2, 0.25) is 0 Å². The minimum absolute atomic E-state index is 0. The highest BCUT2D eigenvalue weighted by atomic mass is 35.5. The van der Waals surface area contributed by atoms with Crippen LogP contribution in [0, 0.1) is 0 Å².